The summed E-state index contributed by atoms with van der Waals surface area (Å²) in [7, 11) is 0. The van der Waals surface area contributed by atoms with Crippen LogP contribution in [-0.2, 0) is 4.79 Å². The minimum atomic E-state index is -0.380. The lowest BCUT2D eigenvalue weighted by atomic mass is 10.2. The van der Waals surface area contributed by atoms with Gasteiger partial charge in [-0.05, 0) is 36.8 Å². The minimum absolute atomic E-state index is 0.0503. The fourth-order valence-corrected chi connectivity index (χ4v) is 3.20. The number of ether oxygens (including phenoxy) is 2. The van der Waals surface area contributed by atoms with Crippen LogP contribution in [0.4, 0.5) is 16.3 Å². The molecular weight excluding hydrogens is 348 g/mol. The molecule has 140 valence electrons. The molecule has 0 spiro atoms. The number of nitrogens with one attached hydrogen (secondary N) is 2. The van der Waals surface area contributed by atoms with E-state index in [0.717, 1.165) is 11.3 Å². The third-order valence-corrected chi connectivity index (χ3v) is 4.45. The van der Waals surface area contributed by atoms with Crippen molar-refractivity contribution in [2.45, 2.75) is 19.4 Å². The second-order valence-corrected chi connectivity index (χ2v) is 6.55. The molecule has 1 aromatic carbocycles. The van der Waals surface area contributed by atoms with E-state index in [4.69, 9.17) is 9.47 Å². The number of aromatic nitrogens is 1. The lowest BCUT2D eigenvalue weighted by molar-refractivity contribution is -0.117. The Morgan fingerprint density at radius 2 is 2.00 bits per heavy atom. The zero-order valence-corrected chi connectivity index (χ0v) is 14.9. The van der Waals surface area contributed by atoms with Crippen LogP contribution in [0, 0.1) is 6.92 Å². The van der Waals surface area contributed by atoms with E-state index in [-0.39, 0.29) is 24.4 Å². The average Bonchev–Trinajstić information content (AvgIpc) is 3.01. The Hall–Kier alpha value is -3.29. The number of amides is 3. The molecule has 0 saturated carbocycles. The molecule has 1 aromatic heterocycles. The molecule has 2 N–H and O–H groups in total. The van der Waals surface area contributed by atoms with Crippen molar-refractivity contribution >= 4 is 23.4 Å². The highest BCUT2D eigenvalue weighted by atomic mass is 16.6. The monoisotopic (exact) mass is 368 g/mol. The number of pyridine rings is 1. The highest BCUT2D eigenvalue weighted by Gasteiger charge is 2.32. The maximum Gasteiger partial charge on any atom is 0.320 e. The summed E-state index contributed by atoms with van der Waals surface area (Å²) in [6.07, 6.45) is 1.87. The van der Waals surface area contributed by atoms with E-state index < -0.39 is 0 Å². The van der Waals surface area contributed by atoms with Gasteiger partial charge in [0.1, 0.15) is 19.0 Å². The second kappa shape index (κ2) is 7.14. The highest BCUT2D eigenvalue weighted by Crippen LogP contribution is 2.35. The van der Waals surface area contributed by atoms with Gasteiger partial charge in [0, 0.05) is 30.9 Å². The molecular formula is C19H20N4O4. The Morgan fingerprint density at radius 1 is 1.19 bits per heavy atom. The number of rotatable bonds is 3. The first-order valence-corrected chi connectivity index (χ1v) is 8.79. The molecule has 0 bridgehead atoms. The van der Waals surface area contributed by atoms with Gasteiger partial charge in [0.05, 0.1) is 6.04 Å². The first kappa shape index (κ1) is 17.1. The molecule has 1 fully saturated rings. The van der Waals surface area contributed by atoms with Crippen LogP contribution in [0.3, 0.4) is 0 Å². The van der Waals surface area contributed by atoms with Crippen LogP contribution in [0.25, 0.3) is 0 Å². The molecule has 1 saturated heterocycles. The second-order valence-electron chi connectivity index (χ2n) is 6.55. The molecule has 1 atom stereocenters. The molecule has 0 radical (unpaired) electrons. The van der Waals surface area contributed by atoms with Crippen LogP contribution in [0.5, 0.6) is 11.5 Å². The molecule has 8 heteroatoms. The van der Waals surface area contributed by atoms with Crippen molar-refractivity contribution in [2.24, 2.45) is 0 Å². The van der Waals surface area contributed by atoms with Crippen LogP contribution in [0.2, 0.25) is 0 Å². The number of aryl methyl sites for hydroxylation is 1. The van der Waals surface area contributed by atoms with Crippen molar-refractivity contribution in [1.82, 2.24) is 10.3 Å². The fourth-order valence-electron chi connectivity index (χ4n) is 3.20. The van der Waals surface area contributed by atoms with Gasteiger partial charge >= 0.3 is 6.03 Å². The lowest BCUT2D eigenvalue weighted by Gasteiger charge is -2.22. The maximum atomic E-state index is 12.4. The summed E-state index contributed by atoms with van der Waals surface area (Å²) < 4.78 is 11.1. The molecule has 4 rings (SSSR count). The third kappa shape index (κ3) is 3.79. The van der Waals surface area contributed by atoms with Gasteiger partial charge in [-0.2, -0.15) is 0 Å². The van der Waals surface area contributed by atoms with Gasteiger partial charge in [0.25, 0.3) is 0 Å². The summed E-state index contributed by atoms with van der Waals surface area (Å²) in [5.41, 5.74) is 1.73. The highest BCUT2D eigenvalue weighted by molar-refractivity contribution is 5.97. The van der Waals surface area contributed by atoms with Crippen molar-refractivity contribution in [1.29, 1.82) is 0 Å². The Bertz CT molecular complexity index is 886. The van der Waals surface area contributed by atoms with E-state index in [2.05, 4.69) is 15.6 Å². The van der Waals surface area contributed by atoms with Crippen LogP contribution < -0.4 is 25.0 Å². The Kier molecular flexibility index (Phi) is 4.53. The van der Waals surface area contributed by atoms with Gasteiger partial charge in [-0.1, -0.05) is 0 Å². The zero-order chi connectivity index (χ0) is 18.8. The summed E-state index contributed by atoms with van der Waals surface area (Å²) >= 11 is 0. The lowest BCUT2D eigenvalue weighted by Crippen LogP contribution is -2.39. The number of carbonyl (C=O) groups is 2. The molecule has 2 aliphatic heterocycles. The number of fused-ring (bicyclic) bond motifs is 1. The van der Waals surface area contributed by atoms with Gasteiger partial charge in [-0.25, -0.2) is 9.78 Å². The van der Waals surface area contributed by atoms with E-state index >= 15 is 0 Å². The standard InChI is InChI=1S/C19H20N4O4/c1-12-4-5-20-17(8-12)22-19(25)21-13-9-18(24)23(11-13)14-2-3-15-16(10-14)27-7-6-26-15/h2-5,8,10,13H,6-7,9,11H2,1H3,(H2,20,21,22,25)/t13-/m0/s1. The molecule has 3 amide bonds. The van der Waals surface area contributed by atoms with Gasteiger partial charge < -0.3 is 19.7 Å². The van der Waals surface area contributed by atoms with E-state index in [1.54, 1.807) is 29.3 Å². The first-order valence-electron chi connectivity index (χ1n) is 8.79. The molecule has 3 heterocycles. The van der Waals surface area contributed by atoms with Gasteiger partial charge in [0.2, 0.25) is 5.91 Å². The predicted molar refractivity (Wildman–Crippen MR) is 99.3 cm³/mol. The molecule has 0 aliphatic carbocycles. The van der Waals surface area contributed by atoms with Crippen LogP contribution in [-0.4, -0.2) is 42.7 Å². The van der Waals surface area contributed by atoms with Crippen molar-refractivity contribution < 1.29 is 19.1 Å². The number of carbonyl (C=O) groups excluding carboxylic acids is 2. The Labute approximate surface area is 156 Å². The van der Waals surface area contributed by atoms with Crippen molar-refractivity contribution in [3.05, 3.63) is 42.1 Å². The summed E-state index contributed by atoms with van der Waals surface area (Å²) in [6.45, 7) is 3.33. The van der Waals surface area contributed by atoms with Gasteiger partial charge in [-0.3, -0.25) is 10.1 Å². The van der Waals surface area contributed by atoms with Gasteiger partial charge in [0.15, 0.2) is 11.5 Å². The fraction of sp³-hybridized carbons (Fsp3) is 0.316. The van der Waals surface area contributed by atoms with Crippen molar-refractivity contribution in [3.8, 4) is 11.5 Å². The number of anilines is 2. The van der Waals surface area contributed by atoms with E-state index in [0.29, 0.717) is 37.1 Å². The number of urea groups is 1. The number of nitrogens with zero attached hydrogens (tertiary/aromatic N) is 2. The topological polar surface area (TPSA) is 92.8 Å². The molecule has 8 nitrogen and oxygen atoms in total. The molecule has 2 aliphatic rings. The Balaban J connectivity index is 1.39. The summed E-state index contributed by atoms with van der Waals surface area (Å²) in [5.74, 6) is 1.73. The number of hydrogen-bond acceptors (Lipinski definition) is 5. The van der Waals surface area contributed by atoms with Crippen LogP contribution in [0.15, 0.2) is 36.5 Å². The minimum Gasteiger partial charge on any atom is -0.486 e. The van der Waals surface area contributed by atoms with E-state index in [1.807, 2.05) is 19.1 Å². The third-order valence-electron chi connectivity index (χ3n) is 4.45. The normalized spacial score (nSPS) is 18.3. The summed E-state index contributed by atoms with van der Waals surface area (Å²) in [5, 5.41) is 5.52. The molecule has 2 aromatic rings. The molecule has 27 heavy (non-hydrogen) atoms. The van der Waals surface area contributed by atoms with Crippen LogP contribution >= 0.6 is 0 Å². The largest absolute Gasteiger partial charge is 0.486 e. The summed E-state index contributed by atoms with van der Waals surface area (Å²) in [6, 6.07) is 8.39. The SMILES string of the molecule is Cc1ccnc(NC(=O)N[C@H]2CC(=O)N(c3ccc4c(c3)OCCO4)C2)c1. The van der Waals surface area contributed by atoms with Crippen molar-refractivity contribution in [3.63, 3.8) is 0 Å². The first-order chi connectivity index (χ1) is 13.1. The number of benzene rings is 1. The molecule has 0 unspecified atom stereocenters. The average molecular weight is 368 g/mol. The quantitative estimate of drug-likeness (QED) is 0.865. The van der Waals surface area contributed by atoms with Crippen molar-refractivity contribution in [2.75, 3.05) is 30.0 Å². The van der Waals surface area contributed by atoms with E-state index in [9.17, 15) is 9.59 Å². The predicted octanol–water partition coefficient (Wildman–Crippen LogP) is 2.09. The number of hydrogen-bond donors (Lipinski definition) is 2. The summed E-state index contributed by atoms with van der Waals surface area (Å²) in [4.78, 5) is 30.3. The maximum absolute atomic E-state index is 12.4. The smallest absolute Gasteiger partial charge is 0.320 e. The zero-order valence-electron chi connectivity index (χ0n) is 14.9. The van der Waals surface area contributed by atoms with Crippen LogP contribution in [0.1, 0.15) is 12.0 Å². The Morgan fingerprint density at radius 3 is 2.81 bits per heavy atom. The van der Waals surface area contributed by atoms with E-state index in [1.165, 1.54) is 0 Å². The van der Waals surface area contributed by atoms with Gasteiger partial charge in [-0.15, -0.1) is 0 Å².